The SMILES string of the molecule is CCCn1cncc1Cn1cncc(Br)c1=O. The molecule has 0 spiro atoms. The maximum absolute atomic E-state index is 11.8. The predicted molar refractivity (Wildman–Crippen MR) is 67.8 cm³/mol. The van der Waals surface area contributed by atoms with Crippen LogP contribution in [0.4, 0.5) is 0 Å². The Balaban J connectivity index is 2.28. The third kappa shape index (κ3) is 2.63. The van der Waals surface area contributed by atoms with Crippen molar-refractivity contribution in [3.63, 3.8) is 0 Å². The topological polar surface area (TPSA) is 52.7 Å². The van der Waals surface area contributed by atoms with Gasteiger partial charge in [0.2, 0.25) is 0 Å². The molecule has 0 bridgehead atoms. The minimum absolute atomic E-state index is 0.0794. The molecule has 0 aliphatic heterocycles. The Morgan fingerprint density at radius 1 is 1.24 bits per heavy atom. The summed E-state index contributed by atoms with van der Waals surface area (Å²) < 4.78 is 4.09. The first-order valence-electron chi connectivity index (χ1n) is 5.41. The highest BCUT2D eigenvalue weighted by Crippen LogP contribution is 2.04. The third-order valence-corrected chi connectivity index (χ3v) is 3.00. The molecule has 0 atom stereocenters. The summed E-state index contributed by atoms with van der Waals surface area (Å²) in [4.78, 5) is 19.9. The first kappa shape index (κ1) is 12.0. The molecule has 0 saturated heterocycles. The van der Waals surface area contributed by atoms with Crippen LogP contribution in [0.1, 0.15) is 19.0 Å². The summed E-state index contributed by atoms with van der Waals surface area (Å²) in [7, 11) is 0. The van der Waals surface area contributed by atoms with E-state index in [4.69, 9.17) is 0 Å². The molecule has 0 amide bonds. The molecular formula is C11H13BrN4O. The molecule has 2 rings (SSSR count). The van der Waals surface area contributed by atoms with Gasteiger partial charge >= 0.3 is 0 Å². The van der Waals surface area contributed by atoms with Crippen LogP contribution in [0, 0.1) is 0 Å². The Morgan fingerprint density at radius 3 is 2.71 bits per heavy atom. The number of hydrogen-bond donors (Lipinski definition) is 0. The second-order valence-electron chi connectivity index (χ2n) is 3.75. The number of aromatic nitrogens is 4. The van der Waals surface area contributed by atoms with E-state index in [1.54, 1.807) is 17.1 Å². The minimum Gasteiger partial charge on any atom is -0.333 e. The van der Waals surface area contributed by atoms with Crippen molar-refractivity contribution in [1.82, 2.24) is 19.1 Å². The normalized spacial score (nSPS) is 10.7. The van der Waals surface area contributed by atoms with Crippen LogP contribution in [0.15, 0.2) is 34.3 Å². The van der Waals surface area contributed by atoms with Crippen LogP contribution in [0.5, 0.6) is 0 Å². The molecule has 6 heteroatoms. The Labute approximate surface area is 107 Å². The number of rotatable bonds is 4. The summed E-state index contributed by atoms with van der Waals surface area (Å²) in [5, 5.41) is 0. The summed E-state index contributed by atoms with van der Waals surface area (Å²) in [6.45, 7) is 3.51. The molecule has 0 aliphatic carbocycles. The lowest BCUT2D eigenvalue weighted by atomic mass is 10.4. The van der Waals surface area contributed by atoms with Gasteiger partial charge in [-0.2, -0.15) is 0 Å². The number of halogens is 1. The highest BCUT2D eigenvalue weighted by atomic mass is 79.9. The van der Waals surface area contributed by atoms with Crippen LogP contribution in [0.2, 0.25) is 0 Å². The summed E-state index contributed by atoms with van der Waals surface area (Å²) in [6, 6.07) is 0. The van der Waals surface area contributed by atoms with Gasteiger partial charge < -0.3 is 4.57 Å². The first-order chi connectivity index (χ1) is 8.22. The number of hydrogen-bond acceptors (Lipinski definition) is 3. The monoisotopic (exact) mass is 296 g/mol. The molecule has 17 heavy (non-hydrogen) atoms. The average molecular weight is 297 g/mol. The van der Waals surface area contributed by atoms with Crippen LogP contribution in [-0.4, -0.2) is 19.1 Å². The maximum atomic E-state index is 11.8. The molecule has 0 unspecified atom stereocenters. The van der Waals surface area contributed by atoms with Crippen LogP contribution < -0.4 is 5.56 Å². The van der Waals surface area contributed by atoms with E-state index in [0.717, 1.165) is 18.7 Å². The zero-order valence-electron chi connectivity index (χ0n) is 9.51. The van der Waals surface area contributed by atoms with Gasteiger partial charge in [0.1, 0.15) is 4.47 Å². The van der Waals surface area contributed by atoms with Gasteiger partial charge in [0.15, 0.2) is 0 Å². The molecule has 2 aromatic heterocycles. The van der Waals surface area contributed by atoms with Gasteiger partial charge in [-0.15, -0.1) is 0 Å². The first-order valence-corrected chi connectivity index (χ1v) is 6.20. The molecule has 2 aromatic rings. The van der Waals surface area contributed by atoms with Gasteiger partial charge in [-0.25, -0.2) is 9.97 Å². The number of imidazole rings is 1. The molecule has 0 fully saturated rings. The Bertz CT molecular complexity index is 561. The number of aryl methyl sites for hydroxylation is 1. The molecule has 90 valence electrons. The van der Waals surface area contributed by atoms with E-state index in [0.29, 0.717) is 11.0 Å². The van der Waals surface area contributed by atoms with Gasteiger partial charge in [-0.3, -0.25) is 9.36 Å². The van der Waals surface area contributed by atoms with E-state index in [-0.39, 0.29) is 5.56 Å². The quantitative estimate of drug-likeness (QED) is 0.862. The van der Waals surface area contributed by atoms with Crippen LogP contribution in [-0.2, 0) is 13.1 Å². The Hall–Kier alpha value is -1.43. The lowest BCUT2D eigenvalue weighted by Gasteiger charge is -2.08. The Morgan fingerprint density at radius 2 is 1.94 bits per heavy atom. The second-order valence-corrected chi connectivity index (χ2v) is 4.61. The highest BCUT2D eigenvalue weighted by molar-refractivity contribution is 9.10. The fraction of sp³-hybridized carbons (Fsp3) is 0.364. The molecule has 0 N–H and O–H groups in total. The van der Waals surface area contributed by atoms with Gasteiger partial charge in [-0.1, -0.05) is 6.92 Å². The van der Waals surface area contributed by atoms with E-state index in [9.17, 15) is 4.79 Å². The van der Waals surface area contributed by atoms with E-state index >= 15 is 0 Å². The van der Waals surface area contributed by atoms with E-state index in [1.807, 2.05) is 4.57 Å². The van der Waals surface area contributed by atoms with E-state index < -0.39 is 0 Å². The summed E-state index contributed by atoms with van der Waals surface area (Å²) in [5.41, 5.74) is 0.929. The molecule has 0 aromatic carbocycles. The second kappa shape index (κ2) is 5.27. The largest absolute Gasteiger partial charge is 0.333 e. The summed E-state index contributed by atoms with van der Waals surface area (Å²) in [5.74, 6) is 0. The van der Waals surface area contributed by atoms with Crippen LogP contribution in [0.25, 0.3) is 0 Å². The van der Waals surface area contributed by atoms with Gasteiger partial charge in [-0.05, 0) is 22.4 Å². The van der Waals surface area contributed by atoms with Crippen molar-refractivity contribution in [1.29, 1.82) is 0 Å². The van der Waals surface area contributed by atoms with Crippen molar-refractivity contribution in [2.24, 2.45) is 0 Å². The molecule has 5 nitrogen and oxygen atoms in total. The van der Waals surface area contributed by atoms with Gasteiger partial charge in [0, 0.05) is 18.9 Å². The minimum atomic E-state index is -0.0794. The lowest BCUT2D eigenvalue weighted by molar-refractivity contribution is 0.611. The molecular weight excluding hydrogens is 284 g/mol. The summed E-state index contributed by atoms with van der Waals surface area (Å²) in [6.07, 6.45) is 7.64. The standard InChI is InChI=1S/C11H13BrN4O/c1-2-3-15-7-13-4-9(15)6-16-8-14-5-10(12)11(16)17/h4-5,7-8H,2-3,6H2,1H3. The van der Waals surface area contributed by atoms with E-state index in [2.05, 4.69) is 32.8 Å². The number of nitrogens with zero attached hydrogens (tertiary/aromatic N) is 4. The molecule has 0 aliphatic rings. The van der Waals surface area contributed by atoms with Crippen molar-refractivity contribution in [3.05, 3.63) is 45.6 Å². The van der Waals surface area contributed by atoms with Gasteiger partial charge in [0.25, 0.3) is 5.56 Å². The fourth-order valence-electron chi connectivity index (χ4n) is 1.63. The fourth-order valence-corrected chi connectivity index (χ4v) is 1.98. The molecule has 0 radical (unpaired) electrons. The summed E-state index contributed by atoms with van der Waals surface area (Å²) >= 11 is 3.18. The zero-order valence-corrected chi connectivity index (χ0v) is 11.1. The Kier molecular flexibility index (Phi) is 3.73. The van der Waals surface area contributed by atoms with Crippen LogP contribution in [0.3, 0.4) is 0 Å². The predicted octanol–water partition coefficient (Wildman–Crippen LogP) is 1.66. The molecule has 2 heterocycles. The zero-order chi connectivity index (χ0) is 12.3. The van der Waals surface area contributed by atoms with Crippen molar-refractivity contribution in [2.45, 2.75) is 26.4 Å². The highest BCUT2D eigenvalue weighted by Gasteiger charge is 2.05. The van der Waals surface area contributed by atoms with Crippen molar-refractivity contribution < 1.29 is 0 Å². The van der Waals surface area contributed by atoms with Crippen molar-refractivity contribution >= 4 is 15.9 Å². The maximum Gasteiger partial charge on any atom is 0.267 e. The average Bonchev–Trinajstić information content (AvgIpc) is 2.73. The third-order valence-electron chi connectivity index (χ3n) is 2.45. The van der Waals surface area contributed by atoms with E-state index in [1.165, 1.54) is 12.5 Å². The lowest BCUT2D eigenvalue weighted by Crippen LogP contribution is -2.22. The van der Waals surface area contributed by atoms with Gasteiger partial charge in [0.05, 0.1) is 24.9 Å². The van der Waals surface area contributed by atoms with Crippen molar-refractivity contribution in [2.75, 3.05) is 0 Å². The van der Waals surface area contributed by atoms with Crippen molar-refractivity contribution in [3.8, 4) is 0 Å². The smallest absolute Gasteiger partial charge is 0.267 e. The molecule has 0 saturated carbocycles. The van der Waals surface area contributed by atoms with Crippen LogP contribution >= 0.6 is 15.9 Å².